The van der Waals surface area contributed by atoms with Gasteiger partial charge in [-0.15, -0.1) is 0 Å². The molecule has 0 amide bonds. The van der Waals surface area contributed by atoms with Crippen molar-refractivity contribution in [1.82, 2.24) is 0 Å². The second kappa shape index (κ2) is 43.2. The van der Waals surface area contributed by atoms with Crippen LogP contribution >= 0.6 is 0 Å². The van der Waals surface area contributed by atoms with Crippen molar-refractivity contribution in [3.05, 3.63) is 83.9 Å². The van der Waals surface area contributed by atoms with Gasteiger partial charge in [0.05, 0.1) is 77.9 Å². The van der Waals surface area contributed by atoms with Gasteiger partial charge in [0, 0.05) is 5.57 Å². The van der Waals surface area contributed by atoms with E-state index in [9.17, 15) is 48.3 Å². The number of esters is 7. The number of hydrogen-bond acceptors (Lipinski definition) is 18. The third kappa shape index (κ3) is 35.1. The van der Waals surface area contributed by atoms with Gasteiger partial charge in [0.1, 0.15) is 32.5 Å². The monoisotopic (exact) mass is 1280 g/mol. The van der Waals surface area contributed by atoms with Crippen LogP contribution in [0.3, 0.4) is 0 Å². The Morgan fingerprint density at radius 1 is 0.489 bits per heavy atom. The van der Waals surface area contributed by atoms with E-state index >= 15 is 0 Å². The van der Waals surface area contributed by atoms with Gasteiger partial charge in [-0.25, -0.2) is 4.79 Å². The van der Waals surface area contributed by atoms with Crippen molar-refractivity contribution in [2.75, 3.05) is 47.8 Å². The number of carboxylic acids is 2. The summed E-state index contributed by atoms with van der Waals surface area (Å²) < 4.78 is 39.8. The highest BCUT2D eigenvalue weighted by molar-refractivity contribution is 5.87. The molecular weight excluding hydrogens is 1160 g/mol. The highest BCUT2D eigenvalue weighted by Gasteiger charge is 2.52. The summed E-state index contributed by atoms with van der Waals surface area (Å²) in [6.45, 7) is 42.8. The third-order valence-corrected chi connectivity index (χ3v) is 15.9. The zero-order valence-corrected chi connectivity index (χ0v) is 59.2. The molecule has 3 atom stereocenters. The summed E-state index contributed by atoms with van der Waals surface area (Å²) >= 11 is 0. The topological polar surface area (TPSA) is 288 Å². The van der Waals surface area contributed by atoms with Crippen LogP contribution in [0.5, 0.6) is 0 Å². The number of carbonyl (C=O) groups excluding carboxylic acids is 7. The largest absolute Gasteiger partial charge is 0.481 e. The lowest BCUT2D eigenvalue weighted by Crippen LogP contribution is -2.50. The second-order valence-corrected chi connectivity index (χ2v) is 26.1. The molecule has 0 radical (unpaired) electrons. The minimum Gasteiger partial charge on any atom is -0.481 e. The predicted octanol–water partition coefficient (Wildman–Crippen LogP) is 13.5. The van der Waals surface area contributed by atoms with Gasteiger partial charge in [-0.1, -0.05) is 116 Å². The normalized spacial score (nSPS) is 15.6. The Bertz CT molecular complexity index is 2380. The molecule has 1 fully saturated rings. The first-order valence-electron chi connectivity index (χ1n) is 30.7. The Morgan fingerprint density at radius 3 is 1.08 bits per heavy atom. The number of ether oxygens (including phenoxy) is 8. The van der Waals surface area contributed by atoms with E-state index < -0.39 is 51.1 Å². The number of carboxylic acid groups (broad SMARTS) is 2. The lowest BCUT2D eigenvalue weighted by Gasteiger charge is -2.42. The number of methoxy groups -OCH3 is 3. The van der Waals surface area contributed by atoms with Crippen molar-refractivity contribution in [1.29, 1.82) is 0 Å². The fourth-order valence-electron chi connectivity index (χ4n) is 6.12. The Morgan fingerprint density at radius 2 is 0.811 bits per heavy atom. The summed E-state index contributed by atoms with van der Waals surface area (Å²) in [6.07, 6.45) is 4.37. The van der Waals surface area contributed by atoms with E-state index in [4.69, 9.17) is 43.4 Å². The number of rotatable bonds is 24. The number of aliphatic hydroxyl groups is 1. The summed E-state index contributed by atoms with van der Waals surface area (Å²) in [5.41, 5.74) is -1.94. The van der Waals surface area contributed by atoms with Gasteiger partial charge in [-0.2, -0.15) is 0 Å². The molecule has 516 valence electrons. The summed E-state index contributed by atoms with van der Waals surface area (Å²) in [4.78, 5) is 101. The number of carbonyl (C=O) groups is 9. The van der Waals surface area contributed by atoms with Gasteiger partial charge in [0.15, 0.2) is 0 Å². The standard InChI is InChI=1S/C13H22O5.2C13H18O2.C12H20O5.C7H14O2.2C6H12O2/c1-6-13(4,5)12(16)18-8-10(14)7-17-11(15)9(2)3;2*1-4-13(2,3)12(14)15-10-11-8-6-5-7-9-11;1-5-12(10(14)16-4)6-11(2,7-17-8-12)9(13)15-3;1-5-7(2,3)6(8)9-4;2*1-4-6(2,3)5(7)8/h10,14H,2,6-8H2,1,3-5H3;2*5-9H,4,10H2,1-3H3;5-8H2,1-4H3;5H2,1-4H3;2*4H2,1-3H3,(H,7,8). The molecule has 0 bridgehead atoms. The van der Waals surface area contributed by atoms with Crippen molar-refractivity contribution in [3.63, 3.8) is 0 Å². The molecule has 0 spiro atoms. The van der Waals surface area contributed by atoms with Gasteiger partial charge in [0.2, 0.25) is 0 Å². The molecule has 2 aromatic carbocycles. The van der Waals surface area contributed by atoms with Crippen molar-refractivity contribution in [2.45, 2.75) is 216 Å². The van der Waals surface area contributed by atoms with Crippen LogP contribution in [-0.2, 0) is 94.3 Å². The van der Waals surface area contributed by atoms with Gasteiger partial charge >= 0.3 is 53.7 Å². The number of benzene rings is 2. The molecule has 1 aliphatic heterocycles. The van der Waals surface area contributed by atoms with E-state index in [0.29, 0.717) is 51.9 Å². The number of aliphatic hydroxyl groups excluding tert-OH is 1. The lowest BCUT2D eigenvalue weighted by molar-refractivity contribution is -0.181. The van der Waals surface area contributed by atoms with Gasteiger partial charge in [-0.05, 0) is 159 Å². The molecule has 1 heterocycles. The van der Waals surface area contributed by atoms with Gasteiger partial charge in [-0.3, -0.25) is 38.4 Å². The lowest BCUT2D eigenvalue weighted by atomic mass is 9.69. The van der Waals surface area contributed by atoms with Crippen LogP contribution in [0.4, 0.5) is 0 Å². The van der Waals surface area contributed by atoms with Crippen LogP contribution in [-0.4, -0.2) is 123 Å². The maximum absolute atomic E-state index is 11.9. The minimum atomic E-state index is -1.02. The second-order valence-electron chi connectivity index (χ2n) is 26.1. The van der Waals surface area contributed by atoms with Crippen molar-refractivity contribution in [2.24, 2.45) is 43.3 Å². The third-order valence-electron chi connectivity index (χ3n) is 15.9. The highest BCUT2D eigenvalue weighted by atomic mass is 16.6. The van der Waals surface area contributed by atoms with Crippen LogP contribution in [0.1, 0.15) is 208 Å². The fourth-order valence-corrected chi connectivity index (χ4v) is 6.12. The molecule has 0 aromatic heterocycles. The van der Waals surface area contributed by atoms with E-state index in [1.54, 1.807) is 48.5 Å². The number of hydrogen-bond donors (Lipinski definition) is 3. The molecule has 1 aliphatic rings. The van der Waals surface area contributed by atoms with Crippen LogP contribution in [0.25, 0.3) is 0 Å². The van der Waals surface area contributed by atoms with E-state index in [-0.39, 0.29) is 77.5 Å². The Kier molecular flexibility index (Phi) is 43.0. The molecule has 20 heteroatoms. The van der Waals surface area contributed by atoms with Crippen LogP contribution < -0.4 is 0 Å². The first kappa shape index (κ1) is 89.8. The maximum Gasteiger partial charge on any atom is 0.333 e. The van der Waals surface area contributed by atoms with Crippen LogP contribution in [0.15, 0.2) is 72.8 Å². The van der Waals surface area contributed by atoms with E-state index in [0.717, 1.165) is 30.4 Å². The molecule has 3 rings (SSSR count). The molecule has 20 nitrogen and oxygen atoms in total. The predicted molar refractivity (Wildman–Crippen MR) is 347 cm³/mol. The average Bonchev–Trinajstić information content (AvgIpc) is 2.92. The summed E-state index contributed by atoms with van der Waals surface area (Å²) in [5.74, 6) is -3.47. The molecule has 1 saturated heterocycles. The molecule has 90 heavy (non-hydrogen) atoms. The fraction of sp³-hybridized carbons (Fsp3) is 0.671. The maximum atomic E-state index is 11.9. The quantitative estimate of drug-likeness (QED) is 0.0500. The molecule has 0 aliphatic carbocycles. The smallest absolute Gasteiger partial charge is 0.333 e. The Hall–Kier alpha value is -6.67. The SMILES string of the molecule is C=C(C)C(=O)OCC(O)COC(=O)C(C)(C)CC.CCC(C)(C)C(=O)O.CCC(C)(C)C(=O)O.CCC(C)(C)C(=O)OC.CCC(C)(C)C(=O)OCc1ccccc1.CCC(C)(C)C(=O)OCc1ccccc1.CCC1(C(=O)OC)COCC(C)(C(=O)OC)C1. The van der Waals surface area contributed by atoms with Crippen molar-refractivity contribution < 1.29 is 96.4 Å². The Labute approximate surface area is 539 Å². The van der Waals surface area contributed by atoms with Crippen LogP contribution in [0.2, 0.25) is 0 Å². The summed E-state index contributed by atoms with van der Waals surface area (Å²) in [7, 11) is 4.11. The van der Waals surface area contributed by atoms with E-state index in [1.165, 1.54) is 28.3 Å². The van der Waals surface area contributed by atoms with Gasteiger partial charge < -0.3 is 53.2 Å². The highest BCUT2D eigenvalue weighted by Crippen LogP contribution is 2.43. The van der Waals surface area contributed by atoms with Crippen molar-refractivity contribution in [3.8, 4) is 0 Å². The Balaban J connectivity index is -0.000000490. The first-order chi connectivity index (χ1) is 41.3. The van der Waals surface area contributed by atoms with Gasteiger partial charge in [0.25, 0.3) is 0 Å². The molecular formula is C70H116O20. The summed E-state index contributed by atoms with van der Waals surface area (Å²) in [6, 6.07) is 19.4. The first-order valence-corrected chi connectivity index (χ1v) is 30.7. The zero-order chi connectivity index (χ0) is 71.1. The molecule has 0 saturated carbocycles. The molecule has 3 unspecified atom stereocenters. The average molecular weight is 1280 g/mol. The summed E-state index contributed by atoms with van der Waals surface area (Å²) in [5, 5.41) is 26.4. The van der Waals surface area contributed by atoms with Crippen LogP contribution in [0, 0.1) is 43.3 Å². The van der Waals surface area contributed by atoms with E-state index in [2.05, 4.69) is 11.3 Å². The minimum absolute atomic E-state index is 0.131. The van der Waals surface area contributed by atoms with E-state index in [1.807, 2.05) is 151 Å². The van der Waals surface area contributed by atoms with Crippen molar-refractivity contribution >= 4 is 53.7 Å². The number of aliphatic carboxylic acids is 2. The molecule has 2 aromatic rings. The zero-order valence-electron chi connectivity index (χ0n) is 59.2. The molecule has 3 N–H and O–H groups in total.